The van der Waals surface area contributed by atoms with Gasteiger partial charge in [0, 0.05) is 0 Å². The number of rotatable bonds is 39. The summed E-state index contributed by atoms with van der Waals surface area (Å²) in [5.41, 5.74) is 0. The molecule has 0 radical (unpaired) electrons. The maximum atomic E-state index is 13.1. The minimum absolute atomic E-state index is 0.132. The Balaban J connectivity index is 2.44. The molecule has 1 amide bonds. The van der Waals surface area contributed by atoms with Crippen molar-refractivity contribution in [1.29, 1.82) is 0 Å². The number of ether oxygens (including phenoxy) is 2. The maximum Gasteiger partial charge on any atom is 0.249 e. The van der Waals surface area contributed by atoms with Crippen LogP contribution in [0.25, 0.3) is 0 Å². The van der Waals surface area contributed by atoms with E-state index in [1.165, 1.54) is 135 Å². The Hall–Kier alpha value is -1.15. The molecule has 0 aromatic rings. The number of aliphatic hydroxyl groups is 7. The van der Waals surface area contributed by atoms with Crippen LogP contribution in [-0.4, -0.2) is 110 Å². The van der Waals surface area contributed by atoms with Gasteiger partial charge in [-0.1, -0.05) is 193 Å². The summed E-state index contributed by atoms with van der Waals surface area (Å²) in [6.07, 6.45) is 27.1. The first-order valence-corrected chi connectivity index (χ1v) is 23.6. The summed E-state index contributed by atoms with van der Waals surface area (Å²) in [5.74, 6) is -0.712. The fourth-order valence-electron chi connectivity index (χ4n) is 7.61. The highest BCUT2D eigenvalue weighted by Gasteiger charge is 2.44. The molecule has 1 saturated heterocycles. The molecule has 11 nitrogen and oxygen atoms in total. The summed E-state index contributed by atoms with van der Waals surface area (Å²) in [6.45, 7) is 3.41. The number of nitrogens with one attached hydrogen (secondary N) is 1. The number of allylic oxidation sites excluding steroid dienone is 1. The molecule has 11 heteroatoms. The van der Waals surface area contributed by atoms with E-state index in [0.29, 0.717) is 6.42 Å². The van der Waals surface area contributed by atoms with Gasteiger partial charge >= 0.3 is 0 Å². The summed E-state index contributed by atoms with van der Waals surface area (Å²) < 4.78 is 11.1. The van der Waals surface area contributed by atoms with Gasteiger partial charge < -0.3 is 50.5 Å². The SMILES string of the molecule is CCCCCCCCCCC/C=C/CC(O)C(O)C(CO[C@@H]1O[C@H](CO)[C@@H](O)[C@H](O)[C@H]1O)NC(=O)C(O)CCCCCCCCCCCCCCCCCCCC. The predicted molar refractivity (Wildman–Crippen MR) is 229 cm³/mol. The second kappa shape index (κ2) is 36.7. The van der Waals surface area contributed by atoms with Gasteiger partial charge in [0.05, 0.1) is 25.4 Å². The highest BCUT2D eigenvalue weighted by Crippen LogP contribution is 2.23. The second-order valence-corrected chi connectivity index (χ2v) is 16.8. The molecular weight excluding hydrogens is 727 g/mol. The zero-order chi connectivity index (χ0) is 41.9. The highest BCUT2D eigenvalue weighted by molar-refractivity contribution is 5.80. The first-order valence-electron chi connectivity index (χ1n) is 23.6. The lowest BCUT2D eigenvalue weighted by Crippen LogP contribution is -2.60. The number of hydrogen-bond donors (Lipinski definition) is 8. The van der Waals surface area contributed by atoms with Gasteiger partial charge in [-0.3, -0.25) is 4.79 Å². The zero-order valence-corrected chi connectivity index (χ0v) is 36.3. The third-order valence-corrected chi connectivity index (χ3v) is 11.6. The summed E-state index contributed by atoms with van der Waals surface area (Å²) in [5, 5.41) is 75.5. The van der Waals surface area contributed by atoms with E-state index in [9.17, 15) is 40.5 Å². The van der Waals surface area contributed by atoms with Gasteiger partial charge in [0.25, 0.3) is 0 Å². The topological polar surface area (TPSA) is 189 Å². The molecule has 0 aliphatic carbocycles. The van der Waals surface area contributed by atoms with Crippen LogP contribution in [0.1, 0.15) is 206 Å². The van der Waals surface area contributed by atoms with Crippen LogP contribution in [0.15, 0.2) is 12.2 Å². The number of amides is 1. The highest BCUT2D eigenvalue weighted by atomic mass is 16.7. The number of unbranched alkanes of at least 4 members (excludes halogenated alkanes) is 26. The Morgan fingerprint density at radius 3 is 1.51 bits per heavy atom. The van der Waals surface area contributed by atoms with Crippen molar-refractivity contribution in [3.05, 3.63) is 12.2 Å². The van der Waals surface area contributed by atoms with Gasteiger partial charge in [0.1, 0.15) is 36.6 Å². The van der Waals surface area contributed by atoms with E-state index in [0.717, 1.165) is 38.5 Å². The average molecular weight is 816 g/mol. The van der Waals surface area contributed by atoms with Crippen molar-refractivity contribution >= 4 is 5.91 Å². The molecule has 1 rings (SSSR count). The summed E-state index contributed by atoms with van der Waals surface area (Å²) in [7, 11) is 0. The zero-order valence-electron chi connectivity index (χ0n) is 36.3. The van der Waals surface area contributed by atoms with E-state index < -0.39 is 74.2 Å². The lowest BCUT2D eigenvalue weighted by atomic mass is 9.99. The molecule has 57 heavy (non-hydrogen) atoms. The van der Waals surface area contributed by atoms with Crippen LogP contribution in [-0.2, 0) is 14.3 Å². The van der Waals surface area contributed by atoms with Gasteiger partial charge in [-0.2, -0.15) is 0 Å². The summed E-state index contributed by atoms with van der Waals surface area (Å²) >= 11 is 0. The molecule has 1 fully saturated rings. The Kier molecular flexibility index (Phi) is 34.7. The molecule has 0 bridgehead atoms. The van der Waals surface area contributed by atoms with Crippen LogP contribution in [0.5, 0.6) is 0 Å². The van der Waals surface area contributed by atoms with Gasteiger partial charge in [0.2, 0.25) is 5.91 Å². The van der Waals surface area contributed by atoms with Crippen molar-refractivity contribution in [2.45, 2.75) is 262 Å². The molecule has 1 aliphatic heterocycles. The Labute approximate surface area is 347 Å². The van der Waals surface area contributed by atoms with E-state index in [-0.39, 0.29) is 12.8 Å². The first-order chi connectivity index (χ1) is 27.7. The predicted octanol–water partition coefficient (Wildman–Crippen LogP) is 7.67. The summed E-state index contributed by atoms with van der Waals surface area (Å²) in [6, 6.07) is -1.19. The minimum Gasteiger partial charge on any atom is -0.394 e. The van der Waals surface area contributed by atoms with Crippen LogP contribution >= 0.6 is 0 Å². The number of carbonyl (C=O) groups excluding carboxylic acids is 1. The van der Waals surface area contributed by atoms with Crippen LogP contribution in [0, 0.1) is 0 Å². The lowest BCUT2D eigenvalue weighted by Gasteiger charge is -2.40. The molecule has 0 spiro atoms. The Bertz CT molecular complexity index is 939. The minimum atomic E-state index is -1.67. The average Bonchev–Trinajstić information content (AvgIpc) is 3.21. The third kappa shape index (κ3) is 26.6. The van der Waals surface area contributed by atoms with E-state index in [1.54, 1.807) is 0 Å². The third-order valence-electron chi connectivity index (χ3n) is 11.6. The van der Waals surface area contributed by atoms with E-state index in [4.69, 9.17) is 9.47 Å². The van der Waals surface area contributed by atoms with Crippen molar-refractivity contribution in [1.82, 2.24) is 5.32 Å². The Morgan fingerprint density at radius 1 is 0.614 bits per heavy atom. The molecule has 1 heterocycles. The molecule has 0 aromatic heterocycles. The van der Waals surface area contributed by atoms with Crippen molar-refractivity contribution in [2.24, 2.45) is 0 Å². The largest absolute Gasteiger partial charge is 0.394 e. The molecular formula is C46H89NO10. The molecule has 9 atom stereocenters. The summed E-state index contributed by atoms with van der Waals surface area (Å²) in [4.78, 5) is 13.1. The maximum absolute atomic E-state index is 13.1. The first kappa shape index (κ1) is 53.9. The lowest BCUT2D eigenvalue weighted by molar-refractivity contribution is -0.303. The number of hydrogen-bond acceptors (Lipinski definition) is 10. The van der Waals surface area contributed by atoms with E-state index in [1.807, 2.05) is 12.2 Å². The fraction of sp³-hybridized carbons (Fsp3) is 0.935. The molecule has 1 aliphatic rings. The molecule has 0 aromatic carbocycles. The van der Waals surface area contributed by atoms with Crippen molar-refractivity contribution in [2.75, 3.05) is 13.2 Å². The van der Waals surface area contributed by atoms with Crippen LogP contribution < -0.4 is 5.32 Å². The normalized spacial score (nSPS) is 22.2. The van der Waals surface area contributed by atoms with Gasteiger partial charge in [0.15, 0.2) is 6.29 Å². The van der Waals surface area contributed by atoms with E-state index >= 15 is 0 Å². The van der Waals surface area contributed by atoms with Gasteiger partial charge in [-0.15, -0.1) is 0 Å². The monoisotopic (exact) mass is 816 g/mol. The number of carbonyl (C=O) groups is 1. The molecule has 4 unspecified atom stereocenters. The van der Waals surface area contributed by atoms with Gasteiger partial charge in [-0.05, 0) is 25.7 Å². The Morgan fingerprint density at radius 2 is 1.05 bits per heavy atom. The fourth-order valence-corrected chi connectivity index (χ4v) is 7.61. The van der Waals surface area contributed by atoms with Crippen LogP contribution in [0.2, 0.25) is 0 Å². The van der Waals surface area contributed by atoms with Crippen molar-refractivity contribution in [3.8, 4) is 0 Å². The standard InChI is InChI=1S/C46H89NO10/c1-3-5-7-9-11-13-15-17-18-19-20-21-22-24-26-28-30-32-34-39(50)45(55)47-37(36-56-46-44(54)43(53)42(52)40(35-48)57-46)41(51)38(49)33-31-29-27-25-23-16-14-12-10-8-6-4-2/h29,31,37-44,46,48-54H,3-28,30,32-36H2,1-2H3,(H,47,55)/b31-29+/t37?,38?,39?,40-,41?,42-,43+,44-,46-/m1/s1. The van der Waals surface area contributed by atoms with E-state index in [2.05, 4.69) is 19.2 Å². The van der Waals surface area contributed by atoms with Crippen molar-refractivity contribution in [3.63, 3.8) is 0 Å². The van der Waals surface area contributed by atoms with Crippen molar-refractivity contribution < 1.29 is 50.0 Å². The van der Waals surface area contributed by atoms with Gasteiger partial charge in [-0.25, -0.2) is 0 Å². The van der Waals surface area contributed by atoms with Crippen LogP contribution in [0.3, 0.4) is 0 Å². The quantitative estimate of drug-likeness (QED) is 0.0226. The van der Waals surface area contributed by atoms with Crippen LogP contribution in [0.4, 0.5) is 0 Å². The molecule has 8 N–H and O–H groups in total. The second-order valence-electron chi connectivity index (χ2n) is 16.8. The number of aliphatic hydroxyl groups excluding tert-OH is 7. The smallest absolute Gasteiger partial charge is 0.249 e. The molecule has 338 valence electrons. The molecule has 0 saturated carbocycles.